The molecule has 1 aromatic rings. The summed E-state index contributed by atoms with van der Waals surface area (Å²) in [5.41, 5.74) is 0.546. The summed E-state index contributed by atoms with van der Waals surface area (Å²) < 4.78 is 0. The van der Waals surface area contributed by atoms with Crippen LogP contribution in [0.15, 0.2) is 18.3 Å². The van der Waals surface area contributed by atoms with Gasteiger partial charge in [-0.25, -0.2) is 0 Å². The molecule has 5 heteroatoms. The van der Waals surface area contributed by atoms with Gasteiger partial charge in [-0.1, -0.05) is 20.8 Å². The average molecular weight is 279 g/mol. The normalized spacial score (nSPS) is 19.1. The van der Waals surface area contributed by atoms with Gasteiger partial charge in [0.25, 0.3) is 5.91 Å². The number of hydrogen-bond donors (Lipinski definition) is 2. The Morgan fingerprint density at radius 3 is 2.50 bits per heavy atom. The molecule has 1 saturated heterocycles. The number of carbonyl (C=O) groups is 1. The van der Waals surface area contributed by atoms with E-state index in [-0.39, 0.29) is 17.4 Å². The first-order chi connectivity index (χ1) is 9.38. The number of aliphatic hydroxyl groups excluding tert-OH is 1. The monoisotopic (exact) mass is 279 g/mol. The molecule has 0 aromatic carbocycles. The van der Waals surface area contributed by atoms with Crippen molar-refractivity contribution in [2.45, 2.75) is 26.9 Å². The molecule has 20 heavy (non-hydrogen) atoms. The Kier molecular flexibility index (Phi) is 4.50. The fourth-order valence-electron chi connectivity index (χ4n) is 2.29. The van der Waals surface area contributed by atoms with Crippen molar-refractivity contribution in [3.63, 3.8) is 0 Å². The number of piperazine rings is 1. The molecule has 112 valence electrons. The zero-order valence-corrected chi connectivity index (χ0v) is 12.6. The van der Waals surface area contributed by atoms with Crippen molar-refractivity contribution >= 4 is 5.91 Å². The highest BCUT2D eigenvalue weighted by Gasteiger charge is 2.27. The van der Waals surface area contributed by atoms with Crippen LogP contribution in [0.5, 0.6) is 0 Å². The van der Waals surface area contributed by atoms with Crippen molar-refractivity contribution in [1.29, 1.82) is 0 Å². The minimum atomic E-state index is -0.340. The summed E-state index contributed by atoms with van der Waals surface area (Å²) in [6.07, 6.45) is 1.43. The molecule has 0 bridgehead atoms. The number of aliphatic hydroxyl groups is 1. The fraction of sp³-hybridized carbons (Fsp3) is 0.667. The Morgan fingerprint density at radius 1 is 1.35 bits per heavy atom. The van der Waals surface area contributed by atoms with E-state index in [0.717, 1.165) is 13.1 Å². The van der Waals surface area contributed by atoms with Crippen molar-refractivity contribution in [2.75, 3.05) is 32.7 Å². The van der Waals surface area contributed by atoms with Gasteiger partial charge in [0, 0.05) is 38.9 Å². The molecule has 1 aromatic heterocycles. The van der Waals surface area contributed by atoms with E-state index in [0.29, 0.717) is 25.3 Å². The van der Waals surface area contributed by atoms with Crippen LogP contribution in [0.4, 0.5) is 0 Å². The van der Waals surface area contributed by atoms with Gasteiger partial charge in [0.2, 0.25) is 0 Å². The minimum Gasteiger partial charge on any atom is -0.391 e. The molecule has 1 aliphatic rings. The summed E-state index contributed by atoms with van der Waals surface area (Å²) in [4.78, 5) is 19.2. The molecule has 0 spiro atoms. The maximum absolute atomic E-state index is 12.2. The third kappa shape index (κ3) is 3.61. The van der Waals surface area contributed by atoms with E-state index in [1.54, 1.807) is 12.3 Å². The van der Waals surface area contributed by atoms with E-state index in [1.807, 2.05) is 31.7 Å². The number of rotatable bonds is 3. The summed E-state index contributed by atoms with van der Waals surface area (Å²) >= 11 is 0. The lowest BCUT2D eigenvalue weighted by Crippen LogP contribution is -2.51. The summed E-state index contributed by atoms with van der Waals surface area (Å²) in [7, 11) is 0. The molecule has 1 aliphatic heterocycles. The number of aromatic amines is 1. The van der Waals surface area contributed by atoms with E-state index in [1.165, 1.54) is 0 Å². The zero-order chi connectivity index (χ0) is 14.8. The van der Waals surface area contributed by atoms with Crippen LogP contribution in [-0.2, 0) is 0 Å². The molecule has 2 heterocycles. The van der Waals surface area contributed by atoms with E-state index < -0.39 is 0 Å². The largest absolute Gasteiger partial charge is 0.391 e. The zero-order valence-electron chi connectivity index (χ0n) is 12.6. The van der Waals surface area contributed by atoms with Gasteiger partial charge < -0.3 is 15.0 Å². The molecule has 1 amide bonds. The summed E-state index contributed by atoms with van der Waals surface area (Å²) in [6.45, 7) is 9.88. The molecule has 5 nitrogen and oxygen atoms in total. The van der Waals surface area contributed by atoms with Gasteiger partial charge >= 0.3 is 0 Å². The minimum absolute atomic E-state index is 0.0611. The molecule has 0 saturated carbocycles. The van der Waals surface area contributed by atoms with Crippen LogP contribution in [0, 0.1) is 5.41 Å². The van der Waals surface area contributed by atoms with Crippen molar-refractivity contribution < 1.29 is 9.90 Å². The third-order valence-electron chi connectivity index (χ3n) is 3.92. The van der Waals surface area contributed by atoms with E-state index in [9.17, 15) is 9.90 Å². The summed E-state index contributed by atoms with van der Waals surface area (Å²) in [5.74, 6) is 0.0611. The van der Waals surface area contributed by atoms with Gasteiger partial charge in [-0.3, -0.25) is 9.69 Å². The quantitative estimate of drug-likeness (QED) is 0.873. The van der Waals surface area contributed by atoms with Crippen LogP contribution in [0.2, 0.25) is 0 Å². The third-order valence-corrected chi connectivity index (χ3v) is 3.92. The van der Waals surface area contributed by atoms with Crippen molar-refractivity contribution in [1.82, 2.24) is 14.8 Å². The molecule has 0 unspecified atom stereocenters. The van der Waals surface area contributed by atoms with Crippen LogP contribution < -0.4 is 0 Å². The second kappa shape index (κ2) is 5.97. The first-order valence-corrected chi connectivity index (χ1v) is 7.21. The smallest absolute Gasteiger partial charge is 0.270 e. The van der Waals surface area contributed by atoms with Crippen LogP contribution >= 0.6 is 0 Å². The number of nitrogens with zero attached hydrogens (tertiary/aromatic N) is 2. The second-order valence-corrected chi connectivity index (χ2v) is 6.56. The Balaban J connectivity index is 1.82. The van der Waals surface area contributed by atoms with Crippen molar-refractivity contribution in [3.05, 3.63) is 24.0 Å². The molecular weight excluding hydrogens is 254 g/mol. The van der Waals surface area contributed by atoms with Crippen molar-refractivity contribution in [3.8, 4) is 0 Å². The van der Waals surface area contributed by atoms with Gasteiger partial charge in [0.15, 0.2) is 0 Å². The fourth-order valence-corrected chi connectivity index (χ4v) is 2.29. The van der Waals surface area contributed by atoms with E-state index in [2.05, 4.69) is 9.88 Å². The predicted molar refractivity (Wildman–Crippen MR) is 78.6 cm³/mol. The van der Waals surface area contributed by atoms with Crippen LogP contribution in [0.25, 0.3) is 0 Å². The van der Waals surface area contributed by atoms with Gasteiger partial charge in [0.05, 0.1) is 6.10 Å². The highest BCUT2D eigenvalue weighted by molar-refractivity contribution is 5.92. The second-order valence-electron chi connectivity index (χ2n) is 6.56. The van der Waals surface area contributed by atoms with Crippen LogP contribution in [0.1, 0.15) is 31.3 Å². The number of H-pyrrole nitrogens is 1. The SMILES string of the molecule is CC(C)(C)[C@@H](O)CN1CCN(C(=O)c2ccc[nH]2)CC1. The van der Waals surface area contributed by atoms with Crippen molar-refractivity contribution in [2.24, 2.45) is 5.41 Å². The molecular formula is C15H25N3O2. The number of nitrogens with one attached hydrogen (secondary N) is 1. The van der Waals surface area contributed by atoms with Gasteiger partial charge in [-0.05, 0) is 17.5 Å². The number of hydrogen-bond acceptors (Lipinski definition) is 3. The van der Waals surface area contributed by atoms with E-state index >= 15 is 0 Å². The van der Waals surface area contributed by atoms with Gasteiger partial charge in [-0.15, -0.1) is 0 Å². The van der Waals surface area contributed by atoms with Gasteiger partial charge in [-0.2, -0.15) is 0 Å². The van der Waals surface area contributed by atoms with E-state index in [4.69, 9.17) is 0 Å². The average Bonchev–Trinajstić information content (AvgIpc) is 2.91. The summed E-state index contributed by atoms with van der Waals surface area (Å²) in [6, 6.07) is 3.64. The number of β-amino-alcohol motifs (C(OH)–C–C–N with tert-alkyl or cyclic N) is 1. The Morgan fingerprint density at radius 2 is 2.00 bits per heavy atom. The van der Waals surface area contributed by atoms with Crippen LogP contribution in [0.3, 0.4) is 0 Å². The first-order valence-electron chi connectivity index (χ1n) is 7.21. The Bertz CT molecular complexity index is 428. The van der Waals surface area contributed by atoms with Gasteiger partial charge in [0.1, 0.15) is 5.69 Å². The lowest BCUT2D eigenvalue weighted by atomic mass is 9.89. The standard InChI is InChI=1S/C15H25N3O2/c1-15(2,3)13(19)11-17-7-9-18(10-8-17)14(20)12-5-4-6-16-12/h4-6,13,16,19H,7-11H2,1-3H3/t13-/m0/s1. The summed E-state index contributed by atoms with van der Waals surface area (Å²) in [5, 5.41) is 10.1. The molecule has 1 atom stereocenters. The number of aromatic nitrogens is 1. The molecule has 1 fully saturated rings. The molecule has 0 radical (unpaired) electrons. The molecule has 0 aliphatic carbocycles. The predicted octanol–water partition coefficient (Wildman–Crippen LogP) is 1.18. The first kappa shape index (κ1) is 15.1. The maximum Gasteiger partial charge on any atom is 0.270 e. The number of carbonyl (C=O) groups excluding carboxylic acids is 1. The maximum atomic E-state index is 12.2. The van der Waals surface area contributed by atoms with Crippen LogP contribution in [-0.4, -0.2) is 64.6 Å². The Labute approximate surface area is 120 Å². The highest BCUT2D eigenvalue weighted by Crippen LogP contribution is 2.20. The molecule has 2 N–H and O–H groups in total. The molecule has 2 rings (SSSR count). The lowest BCUT2D eigenvalue weighted by molar-refractivity contribution is 0.0136. The topological polar surface area (TPSA) is 59.6 Å². The number of amides is 1. The Hall–Kier alpha value is -1.33. The highest BCUT2D eigenvalue weighted by atomic mass is 16.3. The lowest BCUT2D eigenvalue weighted by Gasteiger charge is -2.37.